The van der Waals surface area contributed by atoms with Crippen LogP contribution in [0.25, 0.3) is 31.3 Å². The fourth-order valence-electron chi connectivity index (χ4n) is 3.96. The Hall–Kier alpha value is -2.14. The van der Waals surface area contributed by atoms with Gasteiger partial charge in [0.25, 0.3) is 0 Å². The average Bonchev–Trinajstić information content (AvgIpc) is 3.16. The molecule has 1 fully saturated rings. The first-order valence-electron chi connectivity index (χ1n) is 10.1. The summed E-state index contributed by atoms with van der Waals surface area (Å²) in [5.74, 6) is 0. The summed E-state index contributed by atoms with van der Waals surface area (Å²) < 4.78 is 15.3. The van der Waals surface area contributed by atoms with Gasteiger partial charge in [-0.1, -0.05) is 66.2 Å². The van der Waals surface area contributed by atoms with Gasteiger partial charge in [-0.3, -0.25) is 0 Å². The zero-order valence-corrected chi connectivity index (χ0v) is 18.4. The minimum Gasteiger partial charge on any atom is -0.399 e. The lowest BCUT2D eigenvalue weighted by Crippen LogP contribution is -2.41. The van der Waals surface area contributed by atoms with Crippen molar-refractivity contribution in [1.82, 2.24) is 0 Å². The summed E-state index contributed by atoms with van der Waals surface area (Å²) in [6, 6.07) is 21.9. The van der Waals surface area contributed by atoms with Crippen LogP contribution in [0.5, 0.6) is 0 Å². The van der Waals surface area contributed by atoms with Crippen molar-refractivity contribution in [2.75, 3.05) is 0 Å². The molecular weight excluding hydrogens is 375 g/mol. The first-order chi connectivity index (χ1) is 13.8. The SMILES string of the molecule is Cc1ccc(-c2cccc3c2sc2c(B4OC(C)(C)C(C)(C)O4)cccc23)cc1. The highest BCUT2D eigenvalue weighted by Gasteiger charge is 2.52. The van der Waals surface area contributed by atoms with Crippen molar-refractivity contribution >= 4 is 44.1 Å². The van der Waals surface area contributed by atoms with E-state index in [1.807, 2.05) is 11.3 Å². The van der Waals surface area contributed by atoms with Crippen molar-refractivity contribution in [3.63, 3.8) is 0 Å². The number of fused-ring (bicyclic) bond motifs is 3. The average molecular weight is 400 g/mol. The molecule has 146 valence electrons. The molecule has 0 atom stereocenters. The van der Waals surface area contributed by atoms with Gasteiger partial charge in [-0.15, -0.1) is 11.3 Å². The highest BCUT2D eigenvalue weighted by molar-refractivity contribution is 7.27. The summed E-state index contributed by atoms with van der Waals surface area (Å²) in [5, 5.41) is 2.56. The normalized spacial score (nSPS) is 18.0. The lowest BCUT2D eigenvalue weighted by Gasteiger charge is -2.32. The Kier molecular flexibility index (Phi) is 4.18. The maximum Gasteiger partial charge on any atom is 0.496 e. The molecule has 29 heavy (non-hydrogen) atoms. The van der Waals surface area contributed by atoms with Crippen molar-refractivity contribution < 1.29 is 9.31 Å². The minimum atomic E-state index is -0.348. The van der Waals surface area contributed by atoms with Gasteiger partial charge in [-0.05, 0) is 51.1 Å². The van der Waals surface area contributed by atoms with E-state index in [1.54, 1.807) is 0 Å². The van der Waals surface area contributed by atoms with Crippen molar-refractivity contribution in [2.45, 2.75) is 45.8 Å². The Morgan fingerprint density at radius 1 is 0.724 bits per heavy atom. The first kappa shape index (κ1) is 18.9. The summed E-state index contributed by atoms with van der Waals surface area (Å²) in [5.41, 5.74) is 4.25. The standard InChI is InChI=1S/C25H25BO2S/c1-16-12-14-17(15-13-16)18-8-6-9-19-20-10-7-11-21(23(20)29-22(18)19)26-27-24(2,3)25(4,5)28-26/h6-15H,1-5H3. The molecule has 5 rings (SSSR count). The van der Waals surface area contributed by atoms with Crippen molar-refractivity contribution in [2.24, 2.45) is 0 Å². The molecule has 4 aromatic rings. The molecule has 0 spiro atoms. The Bertz CT molecular complexity index is 1210. The van der Waals surface area contributed by atoms with Gasteiger partial charge in [-0.2, -0.15) is 0 Å². The van der Waals surface area contributed by atoms with Gasteiger partial charge < -0.3 is 9.31 Å². The second-order valence-corrected chi connectivity index (χ2v) is 9.98. The van der Waals surface area contributed by atoms with Crippen molar-refractivity contribution in [1.29, 1.82) is 0 Å². The lowest BCUT2D eigenvalue weighted by atomic mass is 9.78. The van der Waals surface area contributed by atoms with Crippen molar-refractivity contribution in [3.05, 3.63) is 66.2 Å². The number of benzene rings is 3. The predicted octanol–water partition coefficient (Wildman–Crippen LogP) is 6.33. The summed E-state index contributed by atoms with van der Waals surface area (Å²) in [6.45, 7) is 10.5. The highest BCUT2D eigenvalue weighted by atomic mass is 32.1. The zero-order valence-electron chi connectivity index (χ0n) is 17.6. The molecule has 0 bridgehead atoms. The third-order valence-electron chi connectivity index (χ3n) is 6.42. The fourth-order valence-corrected chi connectivity index (χ4v) is 5.32. The molecule has 0 amide bonds. The molecule has 1 aliphatic rings. The van der Waals surface area contributed by atoms with Crippen LogP contribution in [0, 0.1) is 6.92 Å². The quantitative estimate of drug-likeness (QED) is 0.366. The molecule has 4 heteroatoms. The van der Waals surface area contributed by atoms with E-state index in [1.165, 1.54) is 36.9 Å². The van der Waals surface area contributed by atoms with Crippen LogP contribution in [0.1, 0.15) is 33.3 Å². The predicted molar refractivity (Wildman–Crippen MR) is 125 cm³/mol. The third-order valence-corrected chi connectivity index (χ3v) is 7.73. The molecule has 0 unspecified atom stereocenters. The van der Waals surface area contributed by atoms with E-state index in [-0.39, 0.29) is 18.3 Å². The van der Waals surface area contributed by atoms with E-state index in [0.717, 1.165) is 5.46 Å². The summed E-state index contributed by atoms with van der Waals surface area (Å²) in [7, 11) is -0.348. The smallest absolute Gasteiger partial charge is 0.399 e. The fraction of sp³-hybridized carbons (Fsp3) is 0.280. The Morgan fingerprint density at radius 2 is 1.31 bits per heavy atom. The van der Waals surface area contributed by atoms with E-state index in [4.69, 9.17) is 9.31 Å². The number of aryl methyl sites for hydroxylation is 1. The van der Waals surface area contributed by atoms with Gasteiger partial charge in [0.15, 0.2) is 0 Å². The summed E-state index contributed by atoms with van der Waals surface area (Å²) in [6.07, 6.45) is 0. The number of thiophene rings is 1. The maximum absolute atomic E-state index is 6.37. The number of hydrogen-bond donors (Lipinski definition) is 0. The minimum absolute atomic E-state index is 0.344. The van der Waals surface area contributed by atoms with E-state index in [9.17, 15) is 0 Å². The van der Waals surface area contributed by atoms with E-state index < -0.39 is 0 Å². The van der Waals surface area contributed by atoms with E-state index in [2.05, 4.69) is 95.3 Å². The van der Waals surface area contributed by atoms with Crippen LogP contribution in [-0.4, -0.2) is 18.3 Å². The van der Waals surface area contributed by atoms with Gasteiger partial charge >= 0.3 is 7.12 Å². The van der Waals surface area contributed by atoms with Crippen LogP contribution in [0.15, 0.2) is 60.7 Å². The van der Waals surface area contributed by atoms with Gasteiger partial charge in [0, 0.05) is 20.2 Å². The first-order valence-corrected chi connectivity index (χ1v) is 11.0. The second-order valence-electron chi connectivity index (χ2n) is 8.96. The van der Waals surface area contributed by atoms with Crippen LogP contribution >= 0.6 is 11.3 Å². The highest BCUT2D eigenvalue weighted by Crippen LogP contribution is 2.41. The molecule has 2 nitrogen and oxygen atoms in total. The molecule has 1 aliphatic heterocycles. The Balaban J connectivity index is 1.70. The number of hydrogen-bond acceptors (Lipinski definition) is 3. The molecule has 1 saturated heterocycles. The Morgan fingerprint density at radius 3 is 1.97 bits per heavy atom. The third kappa shape index (κ3) is 2.93. The lowest BCUT2D eigenvalue weighted by molar-refractivity contribution is 0.00578. The summed E-state index contributed by atoms with van der Waals surface area (Å²) >= 11 is 1.84. The van der Waals surface area contributed by atoms with Gasteiger partial charge in [0.2, 0.25) is 0 Å². The maximum atomic E-state index is 6.37. The molecule has 0 aliphatic carbocycles. The summed E-state index contributed by atoms with van der Waals surface area (Å²) in [4.78, 5) is 0. The van der Waals surface area contributed by atoms with Crippen molar-refractivity contribution in [3.8, 4) is 11.1 Å². The van der Waals surface area contributed by atoms with Gasteiger partial charge in [-0.25, -0.2) is 0 Å². The van der Waals surface area contributed by atoms with Gasteiger partial charge in [0.05, 0.1) is 11.2 Å². The number of rotatable bonds is 2. The molecule has 0 radical (unpaired) electrons. The molecule has 0 saturated carbocycles. The molecule has 0 N–H and O–H groups in total. The zero-order chi connectivity index (χ0) is 20.4. The Labute approximate surface area is 176 Å². The molecular formula is C25H25BO2S. The van der Waals surface area contributed by atoms with Gasteiger partial charge in [0.1, 0.15) is 0 Å². The van der Waals surface area contributed by atoms with Crippen LogP contribution in [0.2, 0.25) is 0 Å². The van der Waals surface area contributed by atoms with Crippen LogP contribution in [0.4, 0.5) is 0 Å². The van der Waals surface area contributed by atoms with Crippen LogP contribution in [0.3, 0.4) is 0 Å². The van der Waals surface area contributed by atoms with E-state index in [0.29, 0.717) is 0 Å². The largest absolute Gasteiger partial charge is 0.496 e. The monoisotopic (exact) mass is 400 g/mol. The van der Waals surface area contributed by atoms with E-state index >= 15 is 0 Å². The molecule has 1 aromatic heterocycles. The molecule has 3 aromatic carbocycles. The van der Waals surface area contributed by atoms with Crippen LogP contribution < -0.4 is 5.46 Å². The second kappa shape index (κ2) is 6.43. The molecule has 2 heterocycles. The topological polar surface area (TPSA) is 18.5 Å². The van der Waals surface area contributed by atoms with Crippen LogP contribution in [-0.2, 0) is 9.31 Å².